The molecule has 1 aromatic carbocycles. The molecule has 1 aromatic rings. The van der Waals surface area contributed by atoms with Gasteiger partial charge in [0.25, 0.3) is 0 Å². The first-order chi connectivity index (χ1) is 14.3. The molecule has 0 amide bonds. The Morgan fingerprint density at radius 2 is 1.77 bits per heavy atom. The van der Waals surface area contributed by atoms with Crippen LogP contribution in [0.2, 0.25) is 0 Å². The molecular weight excluding hydrogens is 372 g/mol. The predicted octanol–water partition coefficient (Wildman–Crippen LogP) is 5.09. The third kappa shape index (κ3) is 7.55. The number of esters is 1. The fraction of sp³-hybridized carbons (Fsp3) is 0.654. The smallest absolute Gasteiger partial charge is 0.307 e. The lowest BCUT2D eigenvalue weighted by Crippen LogP contribution is -2.41. The Morgan fingerprint density at radius 1 is 1.10 bits per heavy atom. The maximum atomic E-state index is 11.8. The Balaban J connectivity index is 1.34. The van der Waals surface area contributed by atoms with Crippen LogP contribution in [0.5, 0.6) is 0 Å². The van der Waals surface area contributed by atoms with Crippen LogP contribution in [0.15, 0.2) is 35.9 Å². The molecule has 0 bridgehead atoms. The number of carbonyl (C=O) groups is 1. The van der Waals surface area contributed by atoms with E-state index in [-0.39, 0.29) is 5.97 Å². The SMILES string of the molecule is CC/C(=C\c1ccccc1)[C@@H]1C[C@H]1N[C@H]1CC[C@@H](NCCC(=O)OC(C)(C)C)CC1. The van der Waals surface area contributed by atoms with Gasteiger partial charge in [0.1, 0.15) is 5.60 Å². The lowest BCUT2D eigenvalue weighted by Gasteiger charge is -2.30. The summed E-state index contributed by atoms with van der Waals surface area (Å²) >= 11 is 0. The molecule has 166 valence electrons. The molecule has 0 aliphatic heterocycles. The molecule has 2 aliphatic rings. The standard InChI is InChI=1S/C26H40N2O2/c1-5-20(17-19-9-7-6-8-10-19)23-18-24(23)28-22-13-11-21(12-14-22)27-16-15-25(29)30-26(2,3)4/h6-10,17,21-24,27-28H,5,11-16,18H2,1-4H3/b20-17+/t21-,22+,23-,24+/m0/s1. The van der Waals surface area contributed by atoms with E-state index in [1.54, 1.807) is 5.57 Å². The van der Waals surface area contributed by atoms with Crippen molar-refractivity contribution >= 4 is 12.0 Å². The Labute approximate surface area is 182 Å². The number of nitrogens with one attached hydrogen (secondary N) is 2. The van der Waals surface area contributed by atoms with Crippen molar-refractivity contribution in [2.45, 2.75) is 96.4 Å². The molecule has 2 N–H and O–H groups in total. The summed E-state index contributed by atoms with van der Waals surface area (Å²) in [5.74, 6) is 0.597. The highest BCUT2D eigenvalue weighted by Gasteiger charge is 2.40. The first-order valence-electron chi connectivity index (χ1n) is 11.8. The van der Waals surface area contributed by atoms with Gasteiger partial charge < -0.3 is 15.4 Å². The predicted molar refractivity (Wildman–Crippen MR) is 124 cm³/mol. The molecule has 0 radical (unpaired) electrons. The minimum absolute atomic E-state index is 0.111. The Kier molecular flexibility index (Phi) is 8.13. The molecule has 2 atom stereocenters. The Hall–Kier alpha value is -1.65. The molecule has 2 fully saturated rings. The zero-order valence-corrected chi connectivity index (χ0v) is 19.2. The van der Waals surface area contributed by atoms with Crippen LogP contribution < -0.4 is 10.6 Å². The van der Waals surface area contributed by atoms with Crippen LogP contribution in [0.3, 0.4) is 0 Å². The van der Waals surface area contributed by atoms with Crippen molar-refractivity contribution in [1.29, 1.82) is 0 Å². The van der Waals surface area contributed by atoms with Gasteiger partial charge in [0.15, 0.2) is 0 Å². The van der Waals surface area contributed by atoms with E-state index in [0.29, 0.717) is 37.0 Å². The van der Waals surface area contributed by atoms with Crippen molar-refractivity contribution in [3.63, 3.8) is 0 Å². The third-order valence-electron chi connectivity index (χ3n) is 6.19. The molecule has 2 saturated carbocycles. The largest absolute Gasteiger partial charge is 0.460 e. The molecule has 0 unspecified atom stereocenters. The van der Waals surface area contributed by atoms with Gasteiger partial charge in [0.2, 0.25) is 0 Å². The minimum atomic E-state index is -0.393. The maximum Gasteiger partial charge on any atom is 0.307 e. The minimum Gasteiger partial charge on any atom is -0.460 e. The summed E-state index contributed by atoms with van der Waals surface area (Å²) < 4.78 is 5.38. The molecule has 4 nitrogen and oxygen atoms in total. The molecule has 4 heteroatoms. The average Bonchev–Trinajstić information content (AvgIpc) is 3.46. The summed E-state index contributed by atoms with van der Waals surface area (Å²) in [4.78, 5) is 11.8. The van der Waals surface area contributed by atoms with Crippen molar-refractivity contribution < 1.29 is 9.53 Å². The van der Waals surface area contributed by atoms with E-state index >= 15 is 0 Å². The molecule has 2 aliphatic carbocycles. The van der Waals surface area contributed by atoms with E-state index in [1.165, 1.54) is 37.7 Å². The molecule has 30 heavy (non-hydrogen) atoms. The van der Waals surface area contributed by atoms with Crippen LogP contribution in [0, 0.1) is 5.92 Å². The zero-order valence-electron chi connectivity index (χ0n) is 19.2. The van der Waals surface area contributed by atoms with Crippen molar-refractivity contribution in [1.82, 2.24) is 10.6 Å². The van der Waals surface area contributed by atoms with E-state index < -0.39 is 5.60 Å². The maximum absolute atomic E-state index is 11.8. The van der Waals surface area contributed by atoms with Crippen LogP contribution in [-0.4, -0.2) is 36.2 Å². The van der Waals surface area contributed by atoms with Crippen molar-refractivity contribution in [3.8, 4) is 0 Å². The molecule has 3 rings (SSSR count). The van der Waals surface area contributed by atoms with E-state index in [1.807, 2.05) is 20.8 Å². The topological polar surface area (TPSA) is 50.4 Å². The first kappa shape index (κ1) is 23.0. The molecule has 0 aromatic heterocycles. The number of ether oxygens (including phenoxy) is 1. The number of rotatable bonds is 9. The number of hydrogen-bond acceptors (Lipinski definition) is 4. The van der Waals surface area contributed by atoms with E-state index in [0.717, 1.165) is 6.42 Å². The number of hydrogen-bond donors (Lipinski definition) is 2. The summed E-state index contributed by atoms with van der Waals surface area (Å²) in [5.41, 5.74) is 2.50. The normalized spacial score (nSPS) is 27.0. The fourth-order valence-electron chi connectivity index (χ4n) is 4.56. The summed E-state index contributed by atoms with van der Waals surface area (Å²) in [6.07, 6.45) is 10.1. The monoisotopic (exact) mass is 412 g/mol. The first-order valence-corrected chi connectivity index (χ1v) is 11.8. The van der Waals surface area contributed by atoms with Crippen LogP contribution in [0.1, 0.15) is 78.2 Å². The van der Waals surface area contributed by atoms with Gasteiger partial charge in [-0.05, 0) is 70.8 Å². The van der Waals surface area contributed by atoms with Gasteiger partial charge >= 0.3 is 5.97 Å². The lowest BCUT2D eigenvalue weighted by molar-refractivity contribution is -0.154. The Morgan fingerprint density at radius 3 is 2.40 bits per heavy atom. The molecule has 0 saturated heterocycles. The second-order valence-corrected chi connectivity index (χ2v) is 9.94. The quantitative estimate of drug-likeness (QED) is 0.555. The van der Waals surface area contributed by atoms with Crippen LogP contribution >= 0.6 is 0 Å². The molecular formula is C26H40N2O2. The molecule has 0 spiro atoms. The van der Waals surface area contributed by atoms with Gasteiger partial charge in [-0.1, -0.05) is 48.9 Å². The summed E-state index contributed by atoms with van der Waals surface area (Å²) in [7, 11) is 0. The van der Waals surface area contributed by atoms with Crippen LogP contribution in [-0.2, 0) is 9.53 Å². The van der Waals surface area contributed by atoms with Gasteiger partial charge in [0, 0.05) is 24.7 Å². The number of benzene rings is 1. The second kappa shape index (κ2) is 10.6. The summed E-state index contributed by atoms with van der Waals surface area (Å²) in [5, 5.41) is 7.47. The number of carbonyl (C=O) groups excluding carboxylic acids is 1. The van der Waals surface area contributed by atoms with E-state index in [9.17, 15) is 4.79 Å². The highest BCUT2D eigenvalue weighted by Crippen LogP contribution is 2.40. The van der Waals surface area contributed by atoms with E-state index in [2.05, 4.69) is 54.0 Å². The fourth-order valence-corrected chi connectivity index (χ4v) is 4.56. The highest BCUT2D eigenvalue weighted by atomic mass is 16.6. The Bertz CT molecular complexity index is 699. The average molecular weight is 413 g/mol. The second-order valence-electron chi connectivity index (χ2n) is 9.94. The van der Waals surface area contributed by atoms with Crippen LogP contribution in [0.25, 0.3) is 6.08 Å². The van der Waals surface area contributed by atoms with Gasteiger partial charge in [-0.25, -0.2) is 0 Å². The lowest BCUT2D eigenvalue weighted by atomic mass is 9.91. The van der Waals surface area contributed by atoms with Crippen molar-refractivity contribution in [2.24, 2.45) is 5.92 Å². The van der Waals surface area contributed by atoms with Gasteiger partial charge in [-0.15, -0.1) is 0 Å². The summed E-state index contributed by atoms with van der Waals surface area (Å²) in [6.45, 7) is 8.73. The van der Waals surface area contributed by atoms with Gasteiger partial charge in [-0.2, -0.15) is 0 Å². The van der Waals surface area contributed by atoms with Crippen molar-refractivity contribution in [3.05, 3.63) is 41.5 Å². The highest BCUT2D eigenvalue weighted by molar-refractivity contribution is 5.70. The summed E-state index contributed by atoms with van der Waals surface area (Å²) in [6, 6.07) is 12.5. The van der Waals surface area contributed by atoms with Gasteiger partial charge in [0.05, 0.1) is 6.42 Å². The van der Waals surface area contributed by atoms with Crippen LogP contribution in [0.4, 0.5) is 0 Å². The van der Waals surface area contributed by atoms with Gasteiger partial charge in [-0.3, -0.25) is 4.79 Å². The molecule has 0 heterocycles. The van der Waals surface area contributed by atoms with Crippen molar-refractivity contribution in [2.75, 3.05) is 6.54 Å². The third-order valence-corrected chi connectivity index (χ3v) is 6.19. The van der Waals surface area contributed by atoms with E-state index in [4.69, 9.17) is 4.74 Å². The zero-order chi connectivity index (χ0) is 21.6.